The Kier molecular flexibility index (Phi) is 4.72. The molecule has 2 N–H and O–H groups in total. The van der Waals surface area contributed by atoms with Crippen LogP contribution in [-0.2, 0) is 11.3 Å². The Morgan fingerprint density at radius 3 is 2.08 bits per heavy atom. The van der Waals surface area contributed by atoms with Crippen molar-refractivity contribution in [2.75, 3.05) is 10.6 Å². The molecule has 0 saturated heterocycles. The average molecular weight is 319 g/mol. The molecule has 0 unspecified atom stereocenters. The molecule has 0 aliphatic rings. The Hall–Kier alpha value is -3.34. The van der Waals surface area contributed by atoms with Crippen molar-refractivity contribution in [1.82, 2.24) is 4.57 Å². The first-order valence-corrected chi connectivity index (χ1v) is 7.58. The molecule has 3 rings (SSSR count). The van der Waals surface area contributed by atoms with Crippen LogP contribution in [-0.4, -0.2) is 10.5 Å². The minimum Gasteiger partial charge on any atom is -0.355 e. The van der Waals surface area contributed by atoms with Gasteiger partial charge in [-0.1, -0.05) is 36.4 Å². The van der Waals surface area contributed by atoms with E-state index >= 15 is 0 Å². The molecule has 2 aromatic carbocycles. The Labute approximate surface area is 139 Å². The molecule has 120 valence electrons. The third kappa shape index (κ3) is 4.10. The Morgan fingerprint density at radius 1 is 0.833 bits per heavy atom. The molecule has 1 heterocycles. The second-order valence-corrected chi connectivity index (χ2v) is 5.29. The normalized spacial score (nSPS) is 10.2. The summed E-state index contributed by atoms with van der Waals surface area (Å²) in [6.45, 7) is -0.0284. The van der Waals surface area contributed by atoms with Gasteiger partial charge in [0.05, 0.1) is 0 Å². The van der Waals surface area contributed by atoms with Crippen LogP contribution in [0.3, 0.4) is 0 Å². The molecular weight excluding hydrogens is 302 g/mol. The van der Waals surface area contributed by atoms with Crippen molar-refractivity contribution >= 4 is 23.0 Å². The van der Waals surface area contributed by atoms with Gasteiger partial charge < -0.3 is 15.2 Å². The first-order chi connectivity index (χ1) is 11.7. The summed E-state index contributed by atoms with van der Waals surface area (Å²) in [4.78, 5) is 24.2. The van der Waals surface area contributed by atoms with Crippen molar-refractivity contribution in [3.05, 3.63) is 89.3 Å². The number of nitrogens with one attached hydrogen (secondary N) is 2. The fraction of sp³-hybridized carbons (Fsp3) is 0.0526. The van der Waals surface area contributed by atoms with E-state index in [0.717, 1.165) is 5.69 Å². The first kappa shape index (κ1) is 15.6. The molecule has 3 aromatic rings. The molecule has 0 saturated carbocycles. The quantitative estimate of drug-likeness (QED) is 0.759. The number of amides is 1. The number of nitrogens with zero attached hydrogens (tertiary/aromatic N) is 1. The largest absolute Gasteiger partial charge is 0.355 e. The van der Waals surface area contributed by atoms with E-state index in [0.29, 0.717) is 11.4 Å². The van der Waals surface area contributed by atoms with Gasteiger partial charge in [0.2, 0.25) is 5.91 Å². The number of rotatable bonds is 5. The second-order valence-electron chi connectivity index (χ2n) is 5.29. The fourth-order valence-corrected chi connectivity index (χ4v) is 2.28. The highest BCUT2D eigenvalue weighted by Crippen LogP contribution is 2.13. The van der Waals surface area contributed by atoms with Crippen molar-refractivity contribution in [1.29, 1.82) is 0 Å². The summed E-state index contributed by atoms with van der Waals surface area (Å²) in [6.07, 6.45) is 1.61. The molecule has 1 amide bonds. The predicted octanol–water partition coefficient (Wildman–Crippen LogP) is 3.23. The summed E-state index contributed by atoms with van der Waals surface area (Å²) in [6, 6.07) is 22.0. The van der Waals surface area contributed by atoms with E-state index in [1.807, 2.05) is 48.5 Å². The number of anilines is 3. The topological polar surface area (TPSA) is 63.1 Å². The maximum absolute atomic E-state index is 12.2. The molecule has 0 aliphatic carbocycles. The smallest absolute Gasteiger partial charge is 0.253 e. The number of benzene rings is 2. The average Bonchev–Trinajstić information content (AvgIpc) is 2.59. The zero-order valence-electron chi connectivity index (χ0n) is 13.0. The third-order valence-corrected chi connectivity index (χ3v) is 3.43. The van der Waals surface area contributed by atoms with Crippen LogP contribution in [0.5, 0.6) is 0 Å². The molecule has 0 radical (unpaired) electrons. The van der Waals surface area contributed by atoms with E-state index in [2.05, 4.69) is 10.6 Å². The van der Waals surface area contributed by atoms with Crippen LogP contribution in [0.2, 0.25) is 0 Å². The molecule has 0 fully saturated rings. The maximum Gasteiger partial charge on any atom is 0.253 e. The highest BCUT2D eigenvalue weighted by atomic mass is 16.2. The Morgan fingerprint density at radius 2 is 1.46 bits per heavy atom. The lowest BCUT2D eigenvalue weighted by atomic mass is 10.3. The Balaban J connectivity index is 1.66. The number of hydrogen-bond donors (Lipinski definition) is 2. The molecular formula is C19H17N3O2. The number of carbonyl (C=O) groups is 1. The predicted molar refractivity (Wildman–Crippen MR) is 95.5 cm³/mol. The van der Waals surface area contributed by atoms with Crippen LogP contribution < -0.4 is 16.2 Å². The highest BCUT2D eigenvalue weighted by molar-refractivity contribution is 5.90. The summed E-state index contributed by atoms with van der Waals surface area (Å²) < 4.78 is 1.37. The molecule has 0 bridgehead atoms. The second kappa shape index (κ2) is 7.28. The van der Waals surface area contributed by atoms with Crippen molar-refractivity contribution in [3.8, 4) is 0 Å². The summed E-state index contributed by atoms with van der Waals surface area (Å²) in [5.41, 5.74) is 2.06. The molecule has 0 spiro atoms. The minimum absolute atomic E-state index is 0.0284. The zero-order valence-corrected chi connectivity index (χ0v) is 13.0. The van der Waals surface area contributed by atoms with Gasteiger partial charge in [-0.05, 0) is 30.3 Å². The molecule has 0 aliphatic heterocycles. The van der Waals surface area contributed by atoms with Crippen LogP contribution in [0.15, 0.2) is 83.8 Å². The minimum atomic E-state index is -0.243. The number of carbonyl (C=O) groups excluding carboxylic acids is 1. The zero-order chi connectivity index (χ0) is 16.8. The van der Waals surface area contributed by atoms with Gasteiger partial charge in [0.25, 0.3) is 5.56 Å². The van der Waals surface area contributed by atoms with Gasteiger partial charge in [-0.15, -0.1) is 0 Å². The van der Waals surface area contributed by atoms with Gasteiger partial charge >= 0.3 is 0 Å². The van der Waals surface area contributed by atoms with Gasteiger partial charge in [-0.25, -0.2) is 0 Å². The van der Waals surface area contributed by atoms with Crippen LogP contribution in [0, 0.1) is 0 Å². The van der Waals surface area contributed by atoms with Crippen molar-refractivity contribution in [2.24, 2.45) is 0 Å². The van der Waals surface area contributed by atoms with E-state index < -0.39 is 0 Å². The first-order valence-electron chi connectivity index (χ1n) is 7.58. The highest BCUT2D eigenvalue weighted by Gasteiger charge is 2.06. The molecule has 5 heteroatoms. The molecule has 0 atom stereocenters. The van der Waals surface area contributed by atoms with Gasteiger partial charge in [-0.2, -0.15) is 0 Å². The lowest BCUT2D eigenvalue weighted by Gasteiger charge is -2.09. The summed E-state index contributed by atoms with van der Waals surface area (Å²) in [5.74, 6) is -0.243. The van der Waals surface area contributed by atoms with Crippen LogP contribution in [0.25, 0.3) is 0 Å². The number of pyridine rings is 1. The van der Waals surface area contributed by atoms with E-state index in [1.165, 1.54) is 10.6 Å². The lowest BCUT2D eigenvalue weighted by Crippen LogP contribution is -2.26. The molecule has 24 heavy (non-hydrogen) atoms. The SMILES string of the molecule is O=C(Cn1ccc(Nc2ccccc2)cc1=O)Nc1ccccc1. The fourth-order valence-electron chi connectivity index (χ4n) is 2.28. The lowest BCUT2D eigenvalue weighted by molar-refractivity contribution is -0.116. The van der Waals surface area contributed by atoms with Gasteiger partial charge in [0.1, 0.15) is 6.54 Å². The summed E-state index contributed by atoms with van der Waals surface area (Å²) in [5, 5.41) is 5.91. The molecule has 1 aromatic heterocycles. The van der Waals surface area contributed by atoms with E-state index in [9.17, 15) is 9.59 Å². The van der Waals surface area contributed by atoms with Gasteiger partial charge in [0, 0.05) is 29.3 Å². The van der Waals surface area contributed by atoms with E-state index in [4.69, 9.17) is 0 Å². The van der Waals surface area contributed by atoms with Crippen LogP contribution in [0.4, 0.5) is 17.1 Å². The maximum atomic E-state index is 12.2. The van der Waals surface area contributed by atoms with E-state index in [1.54, 1.807) is 24.4 Å². The van der Waals surface area contributed by atoms with Crippen LogP contribution in [0.1, 0.15) is 0 Å². The summed E-state index contributed by atoms with van der Waals surface area (Å²) in [7, 11) is 0. The van der Waals surface area contributed by atoms with Crippen molar-refractivity contribution in [2.45, 2.75) is 6.54 Å². The number of hydrogen-bond acceptors (Lipinski definition) is 3. The standard InChI is InChI=1S/C19H17N3O2/c23-18(21-16-9-5-2-6-10-16)14-22-12-11-17(13-19(22)24)20-15-7-3-1-4-8-15/h1-13,20H,14H2,(H,21,23). The molecule has 5 nitrogen and oxygen atoms in total. The van der Waals surface area contributed by atoms with E-state index in [-0.39, 0.29) is 18.0 Å². The van der Waals surface area contributed by atoms with Crippen molar-refractivity contribution in [3.63, 3.8) is 0 Å². The van der Waals surface area contributed by atoms with Crippen LogP contribution >= 0.6 is 0 Å². The number of aromatic nitrogens is 1. The monoisotopic (exact) mass is 319 g/mol. The van der Waals surface area contributed by atoms with Crippen molar-refractivity contribution < 1.29 is 4.79 Å². The Bertz CT molecular complexity index is 874. The summed E-state index contributed by atoms with van der Waals surface area (Å²) >= 11 is 0. The number of para-hydroxylation sites is 2. The van der Waals surface area contributed by atoms with Gasteiger partial charge in [0.15, 0.2) is 0 Å². The third-order valence-electron chi connectivity index (χ3n) is 3.43. The van der Waals surface area contributed by atoms with Gasteiger partial charge in [-0.3, -0.25) is 9.59 Å².